The first-order valence-electron chi connectivity index (χ1n) is 8.95. The Morgan fingerprint density at radius 2 is 1.54 bits per heavy atom. The third kappa shape index (κ3) is 1.77. The summed E-state index contributed by atoms with van der Waals surface area (Å²) in [6.45, 7) is 9.97. The molecule has 3 nitrogen and oxygen atoms in total. The van der Waals surface area contributed by atoms with Gasteiger partial charge < -0.3 is 9.47 Å². The second kappa shape index (κ2) is 5.40. The van der Waals surface area contributed by atoms with E-state index in [1.165, 1.54) is 16.8 Å². The van der Waals surface area contributed by atoms with E-state index in [9.17, 15) is 0 Å². The van der Waals surface area contributed by atoms with Gasteiger partial charge in [0.05, 0.1) is 5.41 Å². The number of hydrogen-bond donors (Lipinski definition) is 0. The molecule has 0 radical (unpaired) electrons. The van der Waals surface area contributed by atoms with Crippen LogP contribution in [0.5, 0.6) is 0 Å². The average Bonchev–Trinajstić information content (AvgIpc) is 2.58. The first kappa shape index (κ1) is 15.8. The van der Waals surface area contributed by atoms with Crippen LogP contribution in [0.1, 0.15) is 56.5 Å². The first-order valence-corrected chi connectivity index (χ1v) is 8.95. The highest BCUT2D eigenvalue weighted by atomic mass is 16.7. The summed E-state index contributed by atoms with van der Waals surface area (Å²) >= 11 is 0. The fraction of sp³-hybridized carbons (Fsp3) is 0.476. The van der Waals surface area contributed by atoms with Crippen LogP contribution in [0.25, 0.3) is 0 Å². The lowest BCUT2D eigenvalue weighted by Crippen LogP contribution is -2.71. The summed E-state index contributed by atoms with van der Waals surface area (Å²) in [5.74, 6) is -0.563. The molecule has 0 saturated heterocycles. The third-order valence-electron chi connectivity index (χ3n) is 5.78. The molecule has 1 aromatic heterocycles. The molecule has 2 aromatic rings. The van der Waals surface area contributed by atoms with Crippen LogP contribution in [0.3, 0.4) is 0 Å². The van der Waals surface area contributed by atoms with E-state index in [1.807, 2.05) is 0 Å². The van der Waals surface area contributed by atoms with Gasteiger partial charge in [-0.1, -0.05) is 30.3 Å². The Balaban J connectivity index is 2.07. The molecular formula is C21H26NO2+. The van der Waals surface area contributed by atoms with E-state index in [0.29, 0.717) is 13.2 Å². The fourth-order valence-electron chi connectivity index (χ4n) is 4.99. The summed E-state index contributed by atoms with van der Waals surface area (Å²) < 4.78 is 15.3. The summed E-state index contributed by atoms with van der Waals surface area (Å²) in [5, 5.41) is 0. The maximum absolute atomic E-state index is 6.44. The number of benzene rings is 1. The van der Waals surface area contributed by atoms with Gasteiger partial charge in [-0.3, -0.25) is 0 Å². The van der Waals surface area contributed by atoms with Crippen LogP contribution in [0.2, 0.25) is 0 Å². The van der Waals surface area contributed by atoms with E-state index in [2.05, 4.69) is 80.9 Å². The van der Waals surface area contributed by atoms with Gasteiger partial charge in [0.25, 0.3) is 0 Å². The summed E-state index contributed by atoms with van der Waals surface area (Å²) in [7, 11) is 0. The maximum Gasteiger partial charge on any atom is 0.196 e. The number of hydrogen-bond acceptors (Lipinski definition) is 2. The normalized spacial score (nSPS) is 25.2. The van der Waals surface area contributed by atoms with Crippen molar-refractivity contribution in [1.82, 2.24) is 0 Å². The Kier molecular flexibility index (Phi) is 3.55. The van der Waals surface area contributed by atoms with Crippen LogP contribution >= 0.6 is 0 Å². The second-order valence-electron chi connectivity index (χ2n) is 7.25. The molecule has 1 aliphatic carbocycles. The minimum absolute atomic E-state index is 0.0785. The first-order chi connectivity index (χ1) is 11.6. The van der Waals surface area contributed by atoms with Gasteiger partial charge >= 0.3 is 0 Å². The van der Waals surface area contributed by atoms with Crippen molar-refractivity contribution in [3.63, 3.8) is 0 Å². The van der Waals surface area contributed by atoms with Gasteiger partial charge in [0.2, 0.25) is 0 Å². The van der Waals surface area contributed by atoms with Crippen molar-refractivity contribution in [3.05, 3.63) is 65.5 Å². The summed E-state index contributed by atoms with van der Waals surface area (Å²) in [6, 6.07) is 15.4. The lowest BCUT2D eigenvalue weighted by Gasteiger charge is -2.57. The highest BCUT2D eigenvalue weighted by Gasteiger charge is 2.70. The molecule has 2 atom stereocenters. The van der Waals surface area contributed by atoms with Crippen molar-refractivity contribution in [3.8, 4) is 0 Å². The predicted molar refractivity (Wildman–Crippen MR) is 92.8 cm³/mol. The van der Waals surface area contributed by atoms with Gasteiger partial charge in [-0.25, -0.2) is 0 Å². The molecule has 0 saturated carbocycles. The monoisotopic (exact) mass is 324 g/mol. The Hall–Kier alpha value is -1.71. The second-order valence-corrected chi connectivity index (χ2v) is 7.25. The molecule has 0 spiro atoms. The molecule has 2 aliphatic heterocycles. The van der Waals surface area contributed by atoms with E-state index in [-0.39, 0.29) is 17.4 Å². The summed E-state index contributed by atoms with van der Waals surface area (Å²) in [4.78, 5) is 0. The van der Waals surface area contributed by atoms with Crippen molar-refractivity contribution >= 4 is 0 Å². The topological polar surface area (TPSA) is 22.3 Å². The van der Waals surface area contributed by atoms with Gasteiger partial charge in [0.15, 0.2) is 23.7 Å². The Morgan fingerprint density at radius 1 is 0.917 bits per heavy atom. The number of rotatable bonds is 4. The zero-order chi connectivity index (χ0) is 16.9. The molecule has 2 bridgehead atoms. The predicted octanol–water partition coefficient (Wildman–Crippen LogP) is 3.82. The minimum atomic E-state index is -0.642. The van der Waals surface area contributed by atoms with E-state index in [0.717, 1.165) is 0 Å². The summed E-state index contributed by atoms with van der Waals surface area (Å²) in [5.41, 5.74) is 3.83. The molecule has 24 heavy (non-hydrogen) atoms. The van der Waals surface area contributed by atoms with Crippen LogP contribution in [-0.2, 0) is 9.47 Å². The Labute approximate surface area is 144 Å². The maximum atomic E-state index is 6.44. The molecule has 3 aliphatic rings. The average molecular weight is 324 g/mol. The molecule has 0 unspecified atom stereocenters. The zero-order valence-electron chi connectivity index (χ0n) is 15.0. The van der Waals surface area contributed by atoms with Crippen LogP contribution < -0.4 is 4.57 Å². The summed E-state index contributed by atoms with van der Waals surface area (Å²) in [6.07, 6.45) is 2.20. The minimum Gasteiger partial charge on any atom is -0.348 e. The number of nitrogens with zero attached hydrogens (tertiary/aromatic N) is 1. The molecule has 0 fully saturated rings. The molecule has 3 heterocycles. The van der Waals surface area contributed by atoms with Crippen molar-refractivity contribution in [2.75, 3.05) is 13.2 Å². The van der Waals surface area contributed by atoms with Crippen LogP contribution in [-0.4, -0.2) is 19.0 Å². The molecule has 0 amide bonds. The van der Waals surface area contributed by atoms with Crippen LogP contribution in [0.4, 0.5) is 0 Å². The van der Waals surface area contributed by atoms with Crippen LogP contribution in [0, 0.1) is 5.41 Å². The smallest absolute Gasteiger partial charge is 0.196 e. The molecule has 126 valence electrons. The van der Waals surface area contributed by atoms with Crippen molar-refractivity contribution in [1.29, 1.82) is 0 Å². The van der Waals surface area contributed by atoms with Crippen LogP contribution in [0.15, 0.2) is 48.7 Å². The molecule has 5 rings (SSSR count). The Bertz CT molecular complexity index is 714. The molecule has 1 aromatic carbocycles. The van der Waals surface area contributed by atoms with E-state index in [1.54, 1.807) is 0 Å². The third-order valence-corrected chi connectivity index (χ3v) is 5.78. The fourth-order valence-corrected chi connectivity index (χ4v) is 4.99. The molecule has 3 heteroatoms. The zero-order valence-corrected chi connectivity index (χ0v) is 15.0. The molecular weight excluding hydrogens is 298 g/mol. The van der Waals surface area contributed by atoms with Gasteiger partial charge in [0.1, 0.15) is 5.92 Å². The van der Waals surface area contributed by atoms with Crippen molar-refractivity contribution in [2.45, 2.75) is 45.4 Å². The highest BCUT2D eigenvalue weighted by molar-refractivity contribution is 5.45. The number of ether oxygens (including phenoxy) is 2. The van der Waals surface area contributed by atoms with Crippen molar-refractivity contribution in [2.24, 2.45) is 5.41 Å². The van der Waals surface area contributed by atoms with Gasteiger partial charge in [0, 0.05) is 30.9 Å². The largest absolute Gasteiger partial charge is 0.348 e. The lowest BCUT2D eigenvalue weighted by molar-refractivity contribution is -0.755. The van der Waals surface area contributed by atoms with Gasteiger partial charge in [-0.2, -0.15) is 4.57 Å². The van der Waals surface area contributed by atoms with Gasteiger partial charge in [-0.05, 0) is 33.3 Å². The van der Waals surface area contributed by atoms with E-state index >= 15 is 0 Å². The number of aromatic nitrogens is 1. The molecule has 0 N–H and O–H groups in total. The van der Waals surface area contributed by atoms with E-state index in [4.69, 9.17) is 9.47 Å². The Morgan fingerprint density at radius 3 is 2.21 bits per heavy atom. The highest BCUT2D eigenvalue weighted by Crippen LogP contribution is 2.61. The van der Waals surface area contributed by atoms with Crippen molar-refractivity contribution < 1.29 is 14.0 Å². The quantitative estimate of drug-likeness (QED) is 0.630. The standard InChI is InChI=1S/C21H26NO2/c1-5-23-21(24-6-2)18-15-11-7-8-12-16(15)19(20(21,3)4)22-14-10-9-13-17(18)22/h7-14,18-19H,5-6H2,1-4H3/q+1/t18-,19+/m1/s1. The lowest BCUT2D eigenvalue weighted by atomic mass is 9.57. The number of pyridine rings is 1. The van der Waals surface area contributed by atoms with Gasteiger partial charge in [-0.15, -0.1) is 0 Å². The SMILES string of the molecule is CCOC1(OCC)[C@@H]2c3ccccc3[C@H]([n+]3ccccc32)C1(C)C. The van der Waals surface area contributed by atoms with E-state index < -0.39 is 5.79 Å². The number of fused-ring (bicyclic) bond motifs is 1.